The van der Waals surface area contributed by atoms with Gasteiger partial charge in [0.15, 0.2) is 6.61 Å². The molecule has 0 heterocycles. The van der Waals surface area contributed by atoms with Gasteiger partial charge in [-0.15, -0.1) is 0 Å². The molecule has 7 heteroatoms. The second kappa shape index (κ2) is 7.78. The Morgan fingerprint density at radius 2 is 1.85 bits per heavy atom. The highest BCUT2D eigenvalue weighted by molar-refractivity contribution is 5.85. The molecule has 0 aromatic heterocycles. The van der Waals surface area contributed by atoms with E-state index in [4.69, 9.17) is 15.2 Å². The lowest BCUT2D eigenvalue weighted by Gasteiger charge is -2.06. The smallest absolute Gasteiger partial charge is 0.310 e. The lowest BCUT2D eigenvalue weighted by molar-refractivity contribution is -0.147. The molecule has 0 atom stereocenters. The molecule has 1 rings (SSSR count). The van der Waals surface area contributed by atoms with Crippen molar-refractivity contribution < 1.29 is 23.9 Å². The van der Waals surface area contributed by atoms with Gasteiger partial charge in [-0.3, -0.25) is 14.4 Å². The summed E-state index contributed by atoms with van der Waals surface area (Å²) in [6.07, 6.45) is 0.0487. The number of hydrogen-bond acceptors (Lipinski definition) is 5. The molecule has 1 aromatic rings. The van der Waals surface area contributed by atoms with Crippen molar-refractivity contribution in [3.63, 3.8) is 0 Å². The highest BCUT2D eigenvalue weighted by Crippen LogP contribution is 2.11. The Balaban J connectivity index is 2.32. The van der Waals surface area contributed by atoms with Gasteiger partial charge in [-0.2, -0.15) is 0 Å². The maximum Gasteiger partial charge on any atom is 0.310 e. The average Bonchev–Trinajstić information content (AvgIpc) is 2.43. The standard InChI is InChI=1S/C13H16N2O5/c1-19-10-4-2-9(3-5-10)6-13(18)20-8-12(17)15-7-11(14)16/h2-5H,6-8H2,1H3,(H2,14,16)(H,15,17). The number of rotatable bonds is 7. The van der Waals surface area contributed by atoms with E-state index in [2.05, 4.69) is 5.32 Å². The molecule has 0 spiro atoms. The largest absolute Gasteiger partial charge is 0.497 e. The number of hydrogen-bond donors (Lipinski definition) is 2. The van der Waals surface area contributed by atoms with Gasteiger partial charge in [-0.25, -0.2) is 0 Å². The highest BCUT2D eigenvalue weighted by Gasteiger charge is 2.09. The van der Waals surface area contributed by atoms with E-state index in [0.29, 0.717) is 5.75 Å². The van der Waals surface area contributed by atoms with Gasteiger partial charge < -0.3 is 20.5 Å². The van der Waals surface area contributed by atoms with Crippen molar-refractivity contribution in [1.82, 2.24) is 5.32 Å². The molecule has 1 aromatic carbocycles. The van der Waals surface area contributed by atoms with E-state index in [1.165, 1.54) is 0 Å². The van der Waals surface area contributed by atoms with Crippen LogP contribution in [0, 0.1) is 0 Å². The van der Waals surface area contributed by atoms with Crippen LogP contribution >= 0.6 is 0 Å². The molecule has 0 bridgehead atoms. The van der Waals surface area contributed by atoms with Crippen LogP contribution in [0.2, 0.25) is 0 Å². The normalized spacial score (nSPS) is 9.65. The van der Waals surface area contributed by atoms with Gasteiger partial charge in [0.2, 0.25) is 5.91 Å². The number of amides is 2. The number of ether oxygens (including phenoxy) is 2. The summed E-state index contributed by atoms with van der Waals surface area (Å²) in [5.74, 6) is -1.09. The second-order valence-electron chi connectivity index (χ2n) is 3.93. The summed E-state index contributed by atoms with van der Waals surface area (Å²) in [6.45, 7) is -0.725. The van der Waals surface area contributed by atoms with Crippen molar-refractivity contribution in [2.45, 2.75) is 6.42 Å². The first-order valence-corrected chi connectivity index (χ1v) is 5.85. The van der Waals surface area contributed by atoms with E-state index in [1.807, 2.05) is 0 Å². The van der Waals surface area contributed by atoms with Crippen LogP contribution < -0.4 is 15.8 Å². The number of nitrogens with two attached hydrogens (primary N) is 1. The molecule has 0 aliphatic carbocycles. The summed E-state index contributed by atoms with van der Waals surface area (Å²) in [6, 6.07) is 6.91. The Labute approximate surface area is 116 Å². The molecule has 0 radical (unpaired) electrons. The zero-order valence-electron chi connectivity index (χ0n) is 11.0. The molecule has 20 heavy (non-hydrogen) atoms. The number of carbonyl (C=O) groups is 3. The number of carbonyl (C=O) groups excluding carboxylic acids is 3. The summed E-state index contributed by atoms with van der Waals surface area (Å²) >= 11 is 0. The Hall–Kier alpha value is -2.57. The maximum atomic E-state index is 11.5. The third-order valence-corrected chi connectivity index (χ3v) is 2.33. The molecule has 0 saturated heterocycles. The summed E-state index contributed by atoms with van der Waals surface area (Å²) in [7, 11) is 1.55. The third kappa shape index (κ3) is 5.85. The van der Waals surface area contributed by atoms with Gasteiger partial charge >= 0.3 is 5.97 Å². The van der Waals surface area contributed by atoms with Crippen LogP contribution in [0.3, 0.4) is 0 Å². The van der Waals surface area contributed by atoms with E-state index in [-0.39, 0.29) is 13.0 Å². The number of benzene rings is 1. The predicted octanol–water partition coefficient (Wildman–Crippen LogP) is -0.618. The lowest BCUT2D eigenvalue weighted by atomic mass is 10.1. The molecule has 2 amide bonds. The van der Waals surface area contributed by atoms with Crippen molar-refractivity contribution in [1.29, 1.82) is 0 Å². The lowest BCUT2D eigenvalue weighted by Crippen LogP contribution is -2.36. The molecule has 108 valence electrons. The Morgan fingerprint density at radius 1 is 1.20 bits per heavy atom. The zero-order chi connectivity index (χ0) is 15.0. The monoisotopic (exact) mass is 280 g/mol. The highest BCUT2D eigenvalue weighted by atomic mass is 16.5. The van der Waals surface area contributed by atoms with E-state index in [1.54, 1.807) is 31.4 Å². The first-order chi connectivity index (χ1) is 9.51. The fourth-order valence-electron chi connectivity index (χ4n) is 1.34. The van der Waals surface area contributed by atoms with Crippen LogP contribution in [0.25, 0.3) is 0 Å². The molecule has 0 aliphatic heterocycles. The number of primary amides is 1. The van der Waals surface area contributed by atoms with Gasteiger partial charge in [0.25, 0.3) is 5.91 Å². The SMILES string of the molecule is COc1ccc(CC(=O)OCC(=O)NCC(N)=O)cc1. The minimum Gasteiger partial charge on any atom is -0.497 e. The van der Waals surface area contributed by atoms with Crippen LogP contribution in [-0.4, -0.2) is 38.0 Å². The first-order valence-electron chi connectivity index (χ1n) is 5.85. The second-order valence-corrected chi connectivity index (χ2v) is 3.93. The number of esters is 1. The van der Waals surface area contributed by atoms with Crippen LogP contribution in [0.4, 0.5) is 0 Å². The third-order valence-electron chi connectivity index (χ3n) is 2.33. The summed E-state index contributed by atoms with van der Waals surface area (Å²) in [5, 5.41) is 2.21. The van der Waals surface area contributed by atoms with Gasteiger partial charge in [0.05, 0.1) is 20.1 Å². The van der Waals surface area contributed by atoms with E-state index in [0.717, 1.165) is 5.56 Å². The summed E-state index contributed by atoms with van der Waals surface area (Å²) in [5.41, 5.74) is 5.59. The molecule has 3 N–H and O–H groups in total. The van der Waals surface area contributed by atoms with Crippen molar-refractivity contribution in [3.8, 4) is 5.75 Å². The summed E-state index contributed by atoms with van der Waals surface area (Å²) in [4.78, 5) is 33.1. The van der Waals surface area contributed by atoms with E-state index in [9.17, 15) is 14.4 Å². The van der Waals surface area contributed by atoms with Crippen molar-refractivity contribution >= 4 is 17.8 Å². The minimum absolute atomic E-state index is 0.0487. The molecular formula is C13H16N2O5. The average molecular weight is 280 g/mol. The van der Waals surface area contributed by atoms with Crippen molar-refractivity contribution in [2.24, 2.45) is 5.73 Å². The van der Waals surface area contributed by atoms with Gasteiger partial charge in [0, 0.05) is 0 Å². The van der Waals surface area contributed by atoms with Crippen LogP contribution in [0.5, 0.6) is 5.75 Å². The summed E-state index contributed by atoms with van der Waals surface area (Å²) < 4.78 is 9.75. The topological polar surface area (TPSA) is 108 Å². The molecule has 0 fully saturated rings. The van der Waals surface area contributed by atoms with Gasteiger partial charge in [-0.05, 0) is 17.7 Å². The quantitative estimate of drug-likeness (QED) is 0.647. The maximum absolute atomic E-state index is 11.5. The van der Waals surface area contributed by atoms with Crippen molar-refractivity contribution in [2.75, 3.05) is 20.3 Å². The molecule has 0 saturated carbocycles. The van der Waals surface area contributed by atoms with Crippen LogP contribution in [-0.2, 0) is 25.5 Å². The van der Waals surface area contributed by atoms with Crippen LogP contribution in [0.1, 0.15) is 5.56 Å². The number of methoxy groups -OCH3 is 1. The molecule has 0 unspecified atom stereocenters. The fourth-order valence-corrected chi connectivity index (χ4v) is 1.34. The first kappa shape index (κ1) is 15.5. The fraction of sp³-hybridized carbons (Fsp3) is 0.308. The molecule has 7 nitrogen and oxygen atoms in total. The van der Waals surface area contributed by atoms with Gasteiger partial charge in [-0.1, -0.05) is 12.1 Å². The number of nitrogens with one attached hydrogen (secondary N) is 1. The Kier molecular flexibility index (Phi) is 6.02. The molecule has 0 aliphatic rings. The molecular weight excluding hydrogens is 264 g/mol. The Morgan fingerprint density at radius 3 is 2.40 bits per heavy atom. The van der Waals surface area contributed by atoms with Crippen molar-refractivity contribution in [3.05, 3.63) is 29.8 Å². The predicted molar refractivity (Wildman–Crippen MR) is 69.9 cm³/mol. The van der Waals surface area contributed by atoms with E-state index >= 15 is 0 Å². The Bertz CT molecular complexity index is 484. The zero-order valence-corrected chi connectivity index (χ0v) is 11.0. The minimum atomic E-state index is -0.664. The van der Waals surface area contributed by atoms with Crippen LogP contribution in [0.15, 0.2) is 24.3 Å². The van der Waals surface area contributed by atoms with E-state index < -0.39 is 24.4 Å². The van der Waals surface area contributed by atoms with Gasteiger partial charge in [0.1, 0.15) is 5.75 Å².